The second kappa shape index (κ2) is 6.68. The van der Waals surface area contributed by atoms with Crippen molar-refractivity contribution >= 4 is 11.9 Å². The zero-order chi connectivity index (χ0) is 16.2. The third-order valence-electron chi connectivity index (χ3n) is 4.00. The molecule has 1 aliphatic heterocycles. The van der Waals surface area contributed by atoms with E-state index in [1.54, 1.807) is 30.1 Å². The number of aromatic amines is 1. The lowest BCUT2D eigenvalue weighted by Gasteiger charge is -2.32. The van der Waals surface area contributed by atoms with Crippen molar-refractivity contribution in [2.45, 2.75) is 25.8 Å². The molecule has 1 fully saturated rings. The summed E-state index contributed by atoms with van der Waals surface area (Å²) >= 11 is 0. The van der Waals surface area contributed by atoms with Crippen LogP contribution in [0.15, 0.2) is 30.7 Å². The fourth-order valence-corrected chi connectivity index (χ4v) is 2.85. The van der Waals surface area contributed by atoms with Crippen LogP contribution in [0.3, 0.4) is 0 Å². The first-order chi connectivity index (χ1) is 11.2. The summed E-state index contributed by atoms with van der Waals surface area (Å²) in [5.41, 5.74) is 1.04. The third-order valence-corrected chi connectivity index (χ3v) is 4.00. The summed E-state index contributed by atoms with van der Waals surface area (Å²) in [6, 6.07) is 3.66. The number of aromatic nitrogens is 3. The highest BCUT2D eigenvalue weighted by Gasteiger charge is 2.26. The maximum absolute atomic E-state index is 12.4. The van der Waals surface area contributed by atoms with Crippen molar-refractivity contribution in [3.63, 3.8) is 0 Å². The zero-order valence-electron chi connectivity index (χ0n) is 13.1. The molecule has 2 aromatic heterocycles. The number of hydrogen-bond acceptors (Lipinski definition) is 4. The second-order valence-corrected chi connectivity index (χ2v) is 5.56. The fraction of sp³-hybridized carbons (Fsp3) is 0.438. The molecule has 1 aliphatic rings. The van der Waals surface area contributed by atoms with Gasteiger partial charge < -0.3 is 14.6 Å². The molecular weight excluding hydrogens is 296 g/mol. The van der Waals surface area contributed by atoms with Crippen LogP contribution in [0, 0.1) is 0 Å². The number of hydrogen-bond donors (Lipinski definition) is 1. The minimum Gasteiger partial charge on any atom is -0.462 e. The summed E-state index contributed by atoms with van der Waals surface area (Å²) < 4.78 is 6.74. The van der Waals surface area contributed by atoms with Crippen LogP contribution in [0.25, 0.3) is 0 Å². The number of nitrogens with one attached hydrogen (secondary N) is 1. The van der Waals surface area contributed by atoms with E-state index in [1.807, 2.05) is 11.0 Å². The molecule has 7 nitrogen and oxygen atoms in total. The molecule has 7 heteroatoms. The van der Waals surface area contributed by atoms with Gasteiger partial charge in [0.25, 0.3) is 5.91 Å². The first-order valence-electron chi connectivity index (χ1n) is 7.83. The number of carbonyl (C=O) groups excluding carboxylic acids is 2. The van der Waals surface area contributed by atoms with Crippen LogP contribution < -0.4 is 0 Å². The number of amides is 1. The first kappa shape index (κ1) is 15.3. The van der Waals surface area contributed by atoms with Crippen molar-refractivity contribution in [3.05, 3.63) is 42.0 Å². The predicted molar refractivity (Wildman–Crippen MR) is 83.2 cm³/mol. The molecule has 0 aromatic carbocycles. The highest BCUT2D eigenvalue weighted by molar-refractivity contribution is 5.92. The van der Waals surface area contributed by atoms with Crippen molar-refractivity contribution in [1.29, 1.82) is 0 Å². The topological polar surface area (TPSA) is 80.2 Å². The molecule has 0 aliphatic carbocycles. The normalized spacial score (nSPS) is 18.0. The number of rotatable bonds is 4. The van der Waals surface area contributed by atoms with E-state index in [9.17, 15) is 9.59 Å². The van der Waals surface area contributed by atoms with Gasteiger partial charge in [0.15, 0.2) is 0 Å². The second-order valence-electron chi connectivity index (χ2n) is 5.56. The van der Waals surface area contributed by atoms with Gasteiger partial charge in [-0.3, -0.25) is 9.48 Å². The van der Waals surface area contributed by atoms with Gasteiger partial charge in [0.05, 0.1) is 24.4 Å². The Morgan fingerprint density at radius 1 is 1.48 bits per heavy atom. The van der Waals surface area contributed by atoms with Crippen LogP contribution in [0.2, 0.25) is 0 Å². The van der Waals surface area contributed by atoms with E-state index < -0.39 is 0 Å². The summed E-state index contributed by atoms with van der Waals surface area (Å²) in [6.45, 7) is 3.43. The molecule has 23 heavy (non-hydrogen) atoms. The van der Waals surface area contributed by atoms with Crippen molar-refractivity contribution in [3.8, 4) is 0 Å². The lowest BCUT2D eigenvalue weighted by molar-refractivity contribution is 0.0525. The molecule has 0 saturated carbocycles. The molecule has 1 N–H and O–H groups in total. The lowest BCUT2D eigenvalue weighted by Crippen LogP contribution is -2.41. The van der Waals surface area contributed by atoms with Crippen molar-refractivity contribution in [1.82, 2.24) is 19.7 Å². The highest BCUT2D eigenvalue weighted by Crippen LogP contribution is 2.22. The SMILES string of the molecule is CCOC(=O)c1cnn([C@@H]2CCCN(C(=O)c3ccc[nH]3)C2)c1. The van der Waals surface area contributed by atoms with Crippen LogP contribution in [-0.2, 0) is 4.74 Å². The molecule has 1 saturated heterocycles. The van der Waals surface area contributed by atoms with E-state index in [4.69, 9.17) is 4.74 Å². The number of carbonyl (C=O) groups is 2. The van der Waals surface area contributed by atoms with E-state index in [2.05, 4.69) is 10.1 Å². The Morgan fingerprint density at radius 2 is 2.35 bits per heavy atom. The van der Waals surface area contributed by atoms with Crippen molar-refractivity contribution in [2.75, 3.05) is 19.7 Å². The first-order valence-corrected chi connectivity index (χ1v) is 7.83. The Labute approximate surface area is 134 Å². The van der Waals surface area contributed by atoms with Crippen molar-refractivity contribution < 1.29 is 14.3 Å². The van der Waals surface area contributed by atoms with Gasteiger partial charge in [0, 0.05) is 25.5 Å². The highest BCUT2D eigenvalue weighted by atomic mass is 16.5. The molecule has 0 unspecified atom stereocenters. The maximum atomic E-state index is 12.4. The average Bonchev–Trinajstić information content (AvgIpc) is 3.26. The van der Waals surface area contributed by atoms with Gasteiger partial charge in [0.1, 0.15) is 5.69 Å². The fourth-order valence-electron chi connectivity index (χ4n) is 2.85. The van der Waals surface area contributed by atoms with Crippen LogP contribution in [0.1, 0.15) is 46.7 Å². The molecule has 2 aromatic rings. The average molecular weight is 316 g/mol. The van der Waals surface area contributed by atoms with E-state index in [0.29, 0.717) is 24.4 Å². The monoisotopic (exact) mass is 316 g/mol. The third kappa shape index (κ3) is 3.28. The van der Waals surface area contributed by atoms with E-state index in [1.165, 1.54) is 6.20 Å². The Bertz CT molecular complexity index is 677. The number of piperidine rings is 1. The molecule has 0 bridgehead atoms. The Balaban J connectivity index is 1.69. The standard InChI is InChI=1S/C16H20N4O3/c1-2-23-16(22)12-9-18-20(10-12)13-5-4-8-19(11-13)15(21)14-6-3-7-17-14/h3,6-7,9-10,13,17H,2,4-5,8,11H2,1H3/t13-/m1/s1. The van der Waals surface area contributed by atoms with Gasteiger partial charge >= 0.3 is 5.97 Å². The molecular formula is C16H20N4O3. The molecule has 0 spiro atoms. The Kier molecular flexibility index (Phi) is 4.45. The van der Waals surface area contributed by atoms with Crippen LogP contribution >= 0.6 is 0 Å². The minimum atomic E-state index is -0.367. The van der Waals surface area contributed by atoms with Crippen molar-refractivity contribution in [2.24, 2.45) is 0 Å². The van der Waals surface area contributed by atoms with Gasteiger partial charge in [-0.25, -0.2) is 4.79 Å². The molecule has 1 atom stereocenters. The van der Waals surface area contributed by atoms with Crippen LogP contribution in [0.5, 0.6) is 0 Å². The molecule has 122 valence electrons. The number of nitrogens with zero attached hydrogens (tertiary/aromatic N) is 3. The number of H-pyrrole nitrogens is 1. The summed E-state index contributed by atoms with van der Waals surface area (Å²) in [6.07, 6.45) is 6.80. The summed E-state index contributed by atoms with van der Waals surface area (Å²) in [5, 5.41) is 4.27. The summed E-state index contributed by atoms with van der Waals surface area (Å²) in [4.78, 5) is 28.9. The van der Waals surface area contributed by atoms with Gasteiger partial charge in [0.2, 0.25) is 0 Å². The molecule has 3 rings (SSSR count). The maximum Gasteiger partial charge on any atom is 0.341 e. The van der Waals surface area contributed by atoms with Crippen LogP contribution in [0.4, 0.5) is 0 Å². The predicted octanol–water partition coefficient (Wildman–Crippen LogP) is 1.87. The number of ether oxygens (including phenoxy) is 1. The lowest BCUT2D eigenvalue weighted by atomic mass is 10.1. The van der Waals surface area contributed by atoms with Gasteiger partial charge in [-0.15, -0.1) is 0 Å². The minimum absolute atomic E-state index is 0.00234. The summed E-state index contributed by atoms with van der Waals surface area (Å²) in [7, 11) is 0. The Morgan fingerprint density at radius 3 is 3.09 bits per heavy atom. The number of likely N-dealkylation sites (tertiary alicyclic amines) is 1. The number of esters is 1. The quantitative estimate of drug-likeness (QED) is 0.873. The van der Waals surface area contributed by atoms with Crippen LogP contribution in [-0.4, -0.2) is 51.2 Å². The van der Waals surface area contributed by atoms with Gasteiger partial charge in [-0.1, -0.05) is 0 Å². The zero-order valence-corrected chi connectivity index (χ0v) is 13.1. The van der Waals surface area contributed by atoms with E-state index >= 15 is 0 Å². The van der Waals surface area contributed by atoms with E-state index in [-0.39, 0.29) is 17.9 Å². The largest absolute Gasteiger partial charge is 0.462 e. The van der Waals surface area contributed by atoms with E-state index in [0.717, 1.165) is 19.4 Å². The summed E-state index contributed by atoms with van der Waals surface area (Å²) in [5.74, 6) is -0.369. The van der Waals surface area contributed by atoms with Gasteiger partial charge in [-0.05, 0) is 31.9 Å². The van der Waals surface area contributed by atoms with Gasteiger partial charge in [-0.2, -0.15) is 5.10 Å². The molecule has 1 amide bonds. The molecule has 0 radical (unpaired) electrons. The molecule has 3 heterocycles. The Hall–Kier alpha value is -2.57. The smallest absolute Gasteiger partial charge is 0.341 e.